The van der Waals surface area contributed by atoms with Crippen LogP contribution in [0.25, 0.3) is 11.1 Å². The van der Waals surface area contributed by atoms with Crippen molar-refractivity contribution in [1.82, 2.24) is 0 Å². The second kappa shape index (κ2) is 5.59. The van der Waals surface area contributed by atoms with Crippen LogP contribution in [0, 0.1) is 0 Å². The topological polar surface area (TPSA) is 0 Å². The highest BCUT2D eigenvalue weighted by molar-refractivity contribution is 5.80. The van der Waals surface area contributed by atoms with Crippen LogP contribution in [0.4, 0.5) is 8.78 Å². The van der Waals surface area contributed by atoms with E-state index in [-0.39, 0.29) is 6.42 Å². The maximum atomic E-state index is 13.3. The molecule has 0 saturated heterocycles. The van der Waals surface area contributed by atoms with Gasteiger partial charge in [0.2, 0.25) is 6.43 Å². The van der Waals surface area contributed by atoms with Gasteiger partial charge in [0.25, 0.3) is 0 Å². The third-order valence-corrected chi connectivity index (χ3v) is 4.64. The summed E-state index contributed by atoms with van der Waals surface area (Å²) in [5.41, 5.74) is 3.91. The third kappa shape index (κ3) is 2.27. The second-order valence-electron chi connectivity index (χ2n) is 5.87. The van der Waals surface area contributed by atoms with Crippen LogP contribution < -0.4 is 0 Å². The van der Waals surface area contributed by atoms with Gasteiger partial charge in [0, 0.05) is 11.8 Å². The molecule has 0 bridgehead atoms. The number of hydrogen-bond acceptors (Lipinski definition) is 0. The summed E-state index contributed by atoms with van der Waals surface area (Å²) in [5.74, 6) is 0. The van der Waals surface area contributed by atoms with Gasteiger partial charge in [-0.15, -0.1) is 0 Å². The van der Waals surface area contributed by atoms with Gasteiger partial charge in [0.1, 0.15) is 0 Å². The van der Waals surface area contributed by atoms with Crippen molar-refractivity contribution in [3.8, 4) is 11.1 Å². The Labute approximate surface area is 124 Å². The molecule has 2 aromatic carbocycles. The minimum absolute atomic E-state index is 0.0823. The van der Waals surface area contributed by atoms with Crippen molar-refractivity contribution < 1.29 is 8.78 Å². The first-order valence-electron chi connectivity index (χ1n) is 7.66. The number of unbranched alkanes of at least 4 members (excludes halogenated alkanes) is 1. The first kappa shape index (κ1) is 14.2. The van der Waals surface area contributed by atoms with Crippen molar-refractivity contribution in [3.05, 3.63) is 59.7 Å². The van der Waals surface area contributed by atoms with Crippen molar-refractivity contribution in [1.29, 1.82) is 0 Å². The van der Waals surface area contributed by atoms with Gasteiger partial charge in [0.15, 0.2) is 0 Å². The quantitative estimate of drug-likeness (QED) is 0.651. The molecule has 2 aromatic rings. The van der Waals surface area contributed by atoms with Crippen LogP contribution in [0.3, 0.4) is 0 Å². The third-order valence-electron chi connectivity index (χ3n) is 4.64. The minimum Gasteiger partial charge on any atom is -0.210 e. The van der Waals surface area contributed by atoms with E-state index < -0.39 is 11.8 Å². The maximum Gasteiger partial charge on any atom is 0.239 e. The molecule has 0 heterocycles. The first-order valence-corrected chi connectivity index (χ1v) is 7.66. The van der Waals surface area contributed by atoms with Crippen molar-refractivity contribution in [2.45, 2.75) is 44.4 Å². The fourth-order valence-electron chi connectivity index (χ4n) is 3.75. The van der Waals surface area contributed by atoms with Gasteiger partial charge < -0.3 is 0 Å². The van der Waals surface area contributed by atoms with E-state index in [0.29, 0.717) is 0 Å². The summed E-state index contributed by atoms with van der Waals surface area (Å²) < 4.78 is 26.7. The molecule has 0 radical (unpaired) electrons. The predicted molar refractivity (Wildman–Crippen MR) is 82.8 cm³/mol. The van der Waals surface area contributed by atoms with Crippen molar-refractivity contribution in [2.24, 2.45) is 0 Å². The Kier molecular flexibility index (Phi) is 3.79. The summed E-state index contributed by atoms with van der Waals surface area (Å²) in [7, 11) is 0. The van der Waals surface area contributed by atoms with Crippen LogP contribution in [0.2, 0.25) is 0 Å². The molecule has 0 N–H and O–H groups in total. The van der Waals surface area contributed by atoms with Crippen molar-refractivity contribution >= 4 is 0 Å². The maximum absolute atomic E-state index is 13.3. The van der Waals surface area contributed by atoms with Gasteiger partial charge in [-0.25, -0.2) is 8.78 Å². The lowest BCUT2D eigenvalue weighted by Crippen LogP contribution is -2.28. The average Bonchev–Trinajstić information content (AvgIpc) is 2.77. The van der Waals surface area contributed by atoms with Gasteiger partial charge in [-0.2, -0.15) is 0 Å². The summed E-state index contributed by atoms with van der Waals surface area (Å²) in [6.45, 7) is 2.11. The van der Waals surface area contributed by atoms with Gasteiger partial charge in [-0.05, 0) is 28.7 Å². The number of alkyl halides is 2. The van der Waals surface area contributed by atoms with E-state index in [1.54, 1.807) is 0 Å². The Morgan fingerprint density at radius 3 is 1.90 bits per heavy atom. The summed E-state index contributed by atoms with van der Waals surface area (Å²) in [5, 5.41) is 0. The van der Waals surface area contributed by atoms with Crippen LogP contribution in [0.15, 0.2) is 48.5 Å². The highest BCUT2D eigenvalue weighted by Gasteiger charge is 2.43. The first-order chi connectivity index (χ1) is 10.2. The SMILES string of the molecule is CCCCC1(CC(F)F)c2ccccc2-c2ccccc21. The number of benzene rings is 2. The van der Waals surface area contributed by atoms with E-state index in [0.717, 1.165) is 41.5 Å². The standard InChI is InChI=1S/C19H20F2/c1-2-3-12-19(13-18(20)21)16-10-6-4-8-14(16)15-9-5-7-11-17(15)19/h4-11,18H,2-3,12-13H2,1H3. The Hall–Kier alpha value is -1.70. The lowest BCUT2D eigenvalue weighted by Gasteiger charge is -2.32. The van der Waals surface area contributed by atoms with Gasteiger partial charge in [-0.3, -0.25) is 0 Å². The molecular formula is C19H20F2. The lowest BCUT2D eigenvalue weighted by molar-refractivity contribution is 0.110. The van der Waals surface area contributed by atoms with Gasteiger partial charge in [0.05, 0.1) is 0 Å². The zero-order valence-corrected chi connectivity index (χ0v) is 12.3. The Morgan fingerprint density at radius 1 is 0.905 bits per heavy atom. The van der Waals surface area contributed by atoms with Crippen LogP contribution in [0.5, 0.6) is 0 Å². The molecule has 0 spiro atoms. The monoisotopic (exact) mass is 286 g/mol. The van der Waals surface area contributed by atoms with E-state index in [2.05, 4.69) is 19.1 Å². The predicted octanol–water partition coefficient (Wildman–Crippen LogP) is 5.80. The molecule has 0 atom stereocenters. The highest BCUT2D eigenvalue weighted by Crippen LogP contribution is 2.53. The van der Waals surface area contributed by atoms with Crippen molar-refractivity contribution in [2.75, 3.05) is 0 Å². The normalized spacial score (nSPS) is 15.0. The minimum atomic E-state index is -2.29. The summed E-state index contributed by atoms with van der Waals surface area (Å²) in [6, 6.07) is 16.1. The molecule has 0 saturated carbocycles. The molecular weight excluding hydrogens is 266 g/mol. The molecule has 0 unspecified atom stereocenters. The summed E-state index contributed by atoms with van der Waals surface area (Å²) >= 11 is 0. The molecule has 1 aliphatic rings. The highest BCUT2D eigenvalue weighted by atomic mass is 19.3. The molecule has 110 valence electrons. The largest absolute Gasteiger partial charge is 0.239 e. The van der Waals surface area contributed by atoms with E-state index in [1.165, 1.54) is 0 Å². The molecule has 0 aliphatic heterocycles. The smallest absolute Gasteiger partial charge is 0.210 e. The fourth-order valence-corrected chi connectivity index (χ4v) is 3.75. The molecule has 0 aromatic heterocycles. The fraction of sp³-hybridized carbons (Fsp3) is 0.368. The lowest BCUT2D eigenvalue weighted by atomic mass is 9.72. The van der Waals surface area contributed by atoms with Crippen LogP contribution in [-0.2, 0) is 5.41 Å². The van der Waals surface area contributed by atoms with E-state index >= 15 is 0 Å². The zero-order chi connectivity index (χ0) is 14.9. The number of hydrogen-bond donors (Lipinski definition) is 0. The molecule has 21 heavy (non-hydrogen) atoms. The molecule has 0 fully saturated rings. The second-order valence-corrected chi connectivity index (χ2v) is 5.87. The van der Waals surface area contributed by atoms with Crippen LogP contribution in [-0.4, -0.2) is 6.43 Å². The Balaban J connectivity index is 2.21. The Morgan fingerprint density at radius 2 is 1.43 bits per heavy atom. The van der Waals surface area contributed by atoms with Crippen molar-refractivity contribution in [3.63, 3.8) is 0 Å². The number of halogens is 2. The van der Waals surface area contributed by atoms with Crippen LogP contribution >= 0.6 is 0 Å². The molecule has 0 amide bonds. The van der Waals surface area contributed by atoms with E-state index in [4.69, 9.17) is 0 Å². The summed E-state index contributed by atoms with van der Waals surface area (Å²) in [4.78, 5) is 0. The number of rotatable bonds is 5. The molecule has 1 aliphatic carbocycles. The van der Waals surface area contributed by atoms with Gasteiger partial charge >= 0.3 is 0 Å². The van der Waals surface area contributed by atoms with E-state index in [1.807, 2.05) is 36.4 Å². The van der Waals surface area contributed by atoms with Gasteiger partial charge in [-0.1, -0.05) is 68.3 Å². The van der Waals surface area contributed by atoms with E-state index in [9.17, 15) is 8.78 Å². The molecule has 3 rings (SSSR count). The average molecular weight is 286 g/mol. The Bertz CT molecular complexity index is 585. The number of fused-ring (bicyclic) bond motifs is 3. The zero-order valence-electron chi connectivity index (χ0n) is 12.3. The molecule has 2 heteroatoms. The van der Waals surface area contributed by atoms with Crippen LogP contribution in [0.1, 0.15) is 43.7 Å². The molecule has 0 nitrogen and oxygen atoms in total. The summed E-state index contributed by atoms with van der Waals surface area (Å²) in [6.07, 6.45) is 0.411.